The van der Waals surface area contributed by atoms with Gasteiger partial charge in [-0.25, -0.2) is 0 Å². The van der Waals surface area contributed by atoms with E-state index in [4.69, 9.17) is 4.74 Å². The highest BCUT2D eigenvalue weighted by molar-refractivity contribution is 5.85. The molecule has 2 aliphatic rings. The number of piperidine rings is 1. The number of likely N-dealkylation sites (tertiary alicyclic amines) is 2. The average Bonchev–Trinajstić information content (AvgIpc) is 3.24. The first-order chi connectivity index (χ1) is 14.1. The molecule has 2 aliphatic heterocycles. The summed E-state index contributed by atoms with van der Waals surface area (Å²) in [5.41, 5.74) is 2.19. The molecule has 0 aliphatic carbocycles. The summed E-state index contributed by atoms with van der Waals surface area (Å²) in [5.74, 6) is -0.0586. The van der Waals surface area contributed by atoms with Crippen molar-refractivity contribution in [3.63, 3.8) is 0 Å². The van der Waals surface area contributed by atoms with Crippen LogP contribution in [0.5, 0.6) is 0 Å². The Labute approximate surface area is 174 Å². The van der Waals surface area contributed by atoms with Crippen molar-refractivity contribution in [3.05, 3.63) is 35.4 Å². The van der Waals surface area contributed by atoms with Crippen LogP contribution in [-0.2, 0) is 14.3 Å². The summed E-state index contributed by atoms with van der Waals surface area (Å²) in [7, 11) is 1.64. The van der Waals surface area contributed by atoms with Gasteiger partial charge in [-0.3, -0.25) is 9.59 Å². The molecule has 6 nitrogen and oxygen atoms in total. The van der Waals surface area contributed by atoms with Crippen LogP contribution < -0.4 is 5.32 Å². The Morgan fingerprint density at radius 1 is 1.17 bits per heavy atom. The summed E-state index contributed by atoms with van der Waals surface area (Å²) in [6, 6.07) is 7.96. The SMILES string of the molecule is COCCN1C(=O)CC[C@@H](C(=O)NCCCN2CCCC2)[C@H]1c1ccc(C)cc1. The molecule has 2 heterocycles. The number of carbonyl (C=O) groups excluding carboxylic acids is 2. The number of carbonyl (C=O) groups is 2. The Bertz CT molecular complexity index is 670. The number of hydrogen-bond acceptors (Lipinski definition) is 4. The van der Waals surface area contributed by atoms with Crippen molar-refractivity contribution in [1.29, 1.82) is 0 Å². The number of aryl methyl sites for hydroxylation is 1. The standard InChI is InChI=1S/C23H35N3O3/c1-18-6-8-19(9-7-18)22-20(10-11-21(27)26(22)16-17-29-2)23(28)24-12-5-15-25-13-3-4-14-25/h6-9,20,22H,3-5,10-17H2,1-2H3,(H,24,28)/t20-,22-/m1/s1. The first kappa shape index (κ1) is 21.8. The van der Waals surface area contributed by atoms with Crippen LogP contribution in [-0.4, -0.2) is 68.1 Å². The average molecular weight is 402 g/mol. The quantitative estimate of drug-likeness (QED) is 0.646. The number of ether oxygens (including phenoxy) is 1. The van der Waals surface area contributed by atoms with Gasteiger partial charge in [0.1, 0.15) is 0 Å². The molecule has 3 rings (SSSR count). The third-order valence-electron chi connectivity index (χ3n) is 6.15. The molecule has 2 amide bonds. The van der Waals surface area contributed by atoms with E-state index in [1.807, 2.05) is 36.1 Å². The van der Waals surface area contributed by atoms with Crippen molar-refractivity contribution in [2.75, 3.05) is 46.4 Å². The van der Waals surface area contributed by atoms with Crippen molar-refractivity contribution >= 4 is 11.8 Å². The van der Waals surface area contributed by atoms with Crippen LogP contribution in [0.3, 0.4) is 0 Å². The van der Waals surface area contributed by atoms with Crippen LogP contribution in [0.15, 0.2) is 24.3 Å². The third-order valence-corrected chi connectivity index (χ3v) is 6.15. The second-order valence-corrected chi connectivity index (χ2v) is 8.27. The lowest BCUT2D eigenvalue weighted by atomic mass is 9.83. The Morgan fingerprint density at radius 3 is 2.59 bits per heavy atom. The largest absolute Gasteiger partial charge is 0.383 e. The molecule has 1 aromatic rings. The summed E-state index contributed by atoms with van der Waals surface area (Å²) < 4.78 is 5.22. The van der Waals surface area contributed by atoms with Crippen molar-refractivity contribution < 1.29 is 14.3 Å². The Balaban J connectivity index is 1.66. The zero-order chi connectivity index (χ0) is 20.6. The summed E-state index contributed by atoms with van der Waals surface area (Å²) >= 11 is 0. The van der Waals surface area contributed by atoms with Crippen molar-refractivity contribution in [1.82, 2.24) is 15.1 Å². The minimum Gasteiger partial charge on any atom is -0.383 e. The predicted octanol–water partition coefficient (Wildman–Crippen LogP) is 2.52. The lowest BCUT2D eigenvalue weighted by molar-refractivity contribution is -0.144. The summed E-state index contributed by atoms with van der Waals surface area (Å²) in [6.45, 7) is 7.13. The fraction of sp³-hybridized carbons (Fsp3) is 0.652. The molecular formula is C23H35N3O3. The highest BCUT2D eigenvalue weighted by Crippen LogP contribution is 2.37. The molecule has 2 fully saturated rings. The fourth-order valence-corrected chi connectivity index (χ4v) is 4.51. The Morgan fingerprint density at radius 2 is 1.90 bits per heavy atom. The maximum atomic E-state index is 13.1. The second kappa shape index (κ2) is 10.7. The van der Waals surface area contributed by atoms with E-state index in [0.29, 0.717) is 32.5 Å². The summed E-state index contributed by atoms with van der Waals surface area (Å²) in [6.07, 6.45) is 4.56. The maximum Gasteiger partial charge on any atom is 0.225 e. The molecule has 0 saturated carbocycles. The molecular weight excluding hydrogens is 366 g/mol. The van der Waals surface area contributed by atoms with Crippen LogP contribution >= 0.6 is 0 Å². The second-order valence-electron chi connectivity index (χ2n) is 8.27. The van der Waals surface area contributed by atoms with E-state index < -0.39 is 0 Å². The number of methoxy groups -OCH3 is 1. The van der Waals surface area contributed by atoms with Crippen LogP contribution in [0.25, 0.3) is 0 Å². The van der Waals surface area contributed by atoms with E-state index in [1.165, 1.54) is 31.5 Å². The zero-order valence-electron chi connectivity index (χ0n) is 17.9. The van der Waals surface area contributed by atoms with Gasteiger partial charge in [-0.15, -0.1) is 0 Å². The lowest BCUT2D eigenvalue weighted by Gasteiger charge is -2.41. The van der Waals surface area contributed by atoms with Crippen LogP contribution in [0.1, 0.15) is 49.3 Å². The molecule has 1 aromatic carbocycles. The topological polar surface area (TPSA) is 61.9 Å². The first-order valence-corrected chi connectivity index (χ1v) is 10.9. The zero-order valence-corrected chi connectivity index (χ0v) is 17.9. The van der Waals surface area contributed by atoms with Gasteiger partial charge in [0.25, 0.3) is 0 Å². The number of hydrogen-bond donors (Lipinski definition) is 1. The van der Waals surface area contributed by atoms with E-state index in [-0.39, 0.29) is 23.8 Å². The van der Waals surface area contributed by atoms with E-state index in [9.17, 15) is 9.59 Å². The van der Waals surface area contributed by atoms with Gasteiger partial charge in [0, 0.05) is 26.6 Å². The predicted molar refractivity (Wildman–Crippen MR) is 114 cm³/mol. The summed E-state index contributed by atoms with van der Waals surface area (Å²) in [5, 5.41) is 3.14. The van der Waals surface area contributed by atoms with Gasteiger partial charge in [0.05, 0.1) is 18.6 Å². The Hall–Kier alpha value is -1.92. The highest BCUT2D eigenvalue weighted by atomic mass is 16.5. The molecule has 29 heavy (non-hydrogen) atoms. The minimum absolute atomic E-state index is 0.0620. The number of nitrogens with zero attached hydrogens (tertiary/aromatic N) is 2. The van der Waals surface area contributed by atoms with Gasteiger partial charge in [-0.2, -0.15) is 0 Å². The van der Waals surface area contributed by atoms with Gasteiger partial charge in [0.2, 0.25) is 11.8 Å². The smallest absolute Gasteiger partial charge is 0.225 e. The Kier molecular flexibility index (Phi) is 8.07. The fourth-order valence-electron chi connectivity index (χ4n) is 4.51. The molecule has 1 N–H and O–H groups in total. The molecule has 0 unspecified atom stereocenters. The van der Waals surface area contributed by atoms with E-state index in [0.717, 1.165) is 18.5 Å². The van der Waals surface area contributed by atoms with Crippen molar-refractivity contribution in [2.45, 2.75) is 45.1 Å². The molecule has 2 saturated heterocycles. The third kappa shape index (κ3) is 5.80. The van der Waals surface area contributed by atoms with Gasteiger partial charge >= 0.3 is 0 Å². The molecule has 160 valence electrons. The van der Waals surface area contributed by atoms with Gasteiger partial charge in [-0.1, -0.05) is 29.8 Å². The lowest BCUT2D eigenvalue weighted by Crippen LogP contribution is -2.49. The van der Waals surface area contributed by atoms with Crippen molar-refractivity contribution in [2.24, 2.45) is 5.92 Å². The molecule has 0 bridgehead atoms. The van der Waals surface area contributed by atoms with Gasteiger partial charge < -0.3 is 19.9 Å². The molecule has 6 heteroatoms. The highest BCUT2D eigenvalue weighted by Gasteiger charge is 2.40. The monoisotopic (exact) mass is 401 g/mol. The van der Waals surface area contributed by atoms with E-state index in [1.54, 1.807) is 7.11 Å². The van der Waals surface area contributed by atoms with Gasteiger partial charge in [-0.05, 0) is 57.8 Å². The summed E-state index contributed by atoms with van der Waals surface area (Å²) in [4.78, 5) is 30.0. The van der Waals surface area contributed by atoms with Crippen LogP contribution in [0.2, 0.25) is 0 Å². The molecule has 0 spiro atoms. The normalized spacial score (nSPS) is 22.8. The minimum atomic E-state index is -0.231. The molecule has 0 radical (unpaired) electrons. The van der Waals surface area contributed by atoms with Gasteiger partial charge in [0.15, 0.2) is 0 Å². The van der Waals surface area contributed by atoms with Crippen molar-refractivity contribution in [3.8, 4) is 0 Å². The molecule has 0 aromatic heterocycles. The maximum absolute atomic E-state index is 13.1. The number of nitrogens with one attached hydrogen (secondary N) is 1. The van der Waals surface area contributed by atoms with Crippen LogP contribution in [0.4, 0.5) is 0 Å². The number of rotatable bonds is 9. The molecule has 2 atom stereocenters. The van der Waals surface area contributed by atoms with E-state index >= 15 is 0 Å². The number of amides is 2. The first-order valence-electron chi connectivity index (χ1n) is 10.9. The number of benzene rings is 1. The van der Waals surface area contributed by atoms with Crippen LogP contribution in [0, 0.1) is 12.8 Å². The van der Waals surface area contributed by atoms with E-state index in [2.05, 4.69) is 10.2 Å².